The predicted molar refractivity (Wildman–Crippen MR) is 104 cm³/mol. The van der Waals surface area contributed by atoms with Crippen LogP contribution in [0.15, 0.2) is 58.4 Å². The van der Waals surface area contributed by atoms with Gasteiger partial charge in [0.05, 0.1) is 11.4 Å². The van der Waals surface area contributed by atoms with E-state index in [1.54, 1.807) is 49.5 Å². The highest BCUT2D eigenvalue weighted by molar-refractivity contribution is 7.90. The number of rotatable bonds is 7. The second-order valence-corrected chi connectivity index (χ2v) is 8.10. The molecule has 2 aromatic rings. The minimum Gasteiger partial charge on any atom is -0.486 e. The van der Waals surface area contributed by atoms with Crippen LogP contribution in [0.5, 0.6) is 5.75 Å². The van der Waals surface area contributed by atoms with Gasteiger partial charge in [-0.15, -0.1) is 0 Å². The number of nitrogens with one attached hydrogen (secondary N) is 2. The molecule has 0 aliphatic carbocycles. The monoisotopic (exact) mass is 393 g/mol. The second-order valence-electron chi connectivity index (χ2n) is 6.08. The fourth-order valence-electron chi connectivity index (χ4n) is 2.30. The molecule has 2 rings (SSSR count). The zero-order valence-electron chi connectivity index (χ0n) is 15.6. The van der Waals surface area contributed by atoms with Gasteiger partial charge in [0.15, 0.2) is 27.4 Å². The highest BCUT2D eigenvalue weighted by Gasteiger charge is 2.09. The van der Waals surface area contributed by atoms with Crippen molar-refractivity contribution in [3.05, 3.63) is 59.9 Å². The lowest BCUT2D eigenvalue weighted by atomic mass is 10.2. The maximum Gasteiger partial charge on any atom is 0.191 e. The fourth-order valence-corrected chi connectivity index (χ4v) is 2.93. The van der Waals surface area contributed by atoms with E-state index in [-0.39, 0.29) is 16.7 Å². The standard InChI is InChI=1S/C19H24FN3O3S/c1-14(26-18-7-5-4-6-17(18)20)12-22-19(21-2)23-13-15-8-10-16(11-9-15)27(3,24)25/h4-11,14H,12-13H2,1-3H3,(H2,21,22,23). The van der Waals surface area contributed by atoms with E-state index < -0.39 is 15.7 Å². The van der Waals surface area contributed by atoms with E-state index in [0.717, 1.165) is 5.56 Å². The molecule has 27 heavy (non-hydrogen) atoms. The van der Waals surface area contributed by atoms with Crippen molar-refractivity contribution in [1.82, 2.24) is 10.6 Å². The van der Waals surface area contributed by atoms with Crippen LogP contribution in [0.25, 0.3) is 0 Å². The number of halogens is 1. The van der Waals surface area contributed by atoms with Crippen LogP contribution in [-0.2, 0) is 16.4 Å². The Morgan fingerprint density at radius 2 is 1.81 bits per heavy atom. The number of ether oxygens (including phenoxy) is 1. The quantitative estimate of drug-likeness (QED) is 0.558. The number of hydrogen-bond donors (Lipinski definition) is 2. The Bertz CT molecular complexity index is 883. The van der Waals surface area contributed by atoms with Crippen LogP contribution in [0.3, 0.4) is 0 Å². The Morgan fingerprint density at radius 3 is 2.41 bits per heavy atom. The third-order valence-corrected chi connectivity index (χ3v) is 4.89. The average Bonchev–Trinajstić information content (AvgIpc) is 2.63. The van der Waals surface area contributed by atoms with E-state index in [4.69, 9.17) is 4.74 Å². The van der Waals surface area contributed by atoms with E-state index in [1.165, 1.54) is 12.3 Å². The van der Waals surface area contributed by atoms with E-state index in [1.807, 2.05) is 6.92 Å². The third kappa shape index (κ3) is 6.56. The number of benzene rings is 2. The van der Waals surface area contributed by atoms with Crippen molar-refractivity contribution in [2.24, 2.45) is 4.99 Å². The van der Waals surface area contributed by atoms with Gasteiger partial charge in [0.1, 0.15) is 6.10 Å². The minimum absolute atomic E-state index is 0.209. The number of para-hydroxylation sites is 1. The molecule has 0 amide bonds. The molecule has 0 aromatic heterocycles. The van der Waals surface area contributed by atoms with Crippen molar-refractivity contribution in [2.75, 3.05) is 19.8 Å². The predicted octanol–water partition coefficient (Wildman–Crippen LogP) is 2.36. The van der Waals surface area contributed by atoms with Gasteiger partial charge in [-0.05, 0) is 36.8 Å². The van der Waals surface area contributed by atoms with Gasteiger partial charge in [0.25, 0.3) is 0 Å². The molecule has 0 aliphatic rings. The average molecular weight is 393 g/mol. The van der Waals surface area contributed by atoms with Gasteiger partial charge in [-0.1, -0.05) is 24.3 Å². The summed E-state index contributed by atoms with van der Waals surface area (Å²) in [7, 11) is -1.56. The summed E-state index contributed by atoms with van der Waals surface area (Å²) < 4.78 is 42.1. The Kier molecular flexibility index (Phi) is 7.18. The van der Waals surface area contributed by atoms with Crippen molar-refractivity contribution in [3.8, 4) is 5.75 Å². The van der Waals surface area contributed by atoms with Gasteiger partial charge in [0, 0.05) is 19.8 Å². The van der Waals surface area contributed by atoms with Crippen LogP contribution >= 0.6 is 0 Å². The molecule has 0 spiro atoms. The summed E-state index contributed by atoms with van der Waals surface area (Å²) in [5, 5.41) is 6.24. The summed E-state index contributed by atoms with van der Waals surface area (Å²) in [6, 6.07) is 12.9. The first-order chi connectivity index (χ1) is 12.8. The number of aliphatic imine (C=N–C) groups is 1. The van der Waals surface area contributed by atoms with Crippen molar-refractivity contribution < 1.29 is 17.5 Å². The minimum atomic E-state index is -3.20. The largest absolute Gasteiger partial charge is 0.486 e. The molecule has 1 unspecified atom stereocenters. The summed E-state index contributed by atoms with van der Waals surface area (Å²) >= 11 is 0. The van der Waals surface area contributed by atoms with Gasteiger partial charge in [-0.25, -0.2) is 12.8 Å². The van der Waals surface area contributed by atoms with Gasteiger partial charge >= 0.3 is 0 Å². The van der Waals surface area contributed by atoms with E-state index in [0.29, 0.717) is 19.0 Å². The van der Waals surface area contributed by atoms with Crippen molar-refractivity contribution in [2.45, 2.75) is 24.5 Å². The van der Waals surface area contributed by atoms with Crippen molar-refractivity contribution in [1.29, 1.82) is 0 Å². The van der Waals surface area contributed by atoms with Crippen LogP contribution in [0.1, 0.15) is 12.5 Å². The maximum absolute atomic E-state index is 13.6. The Morgan fingerprint density at radius 1 is 1.15 bits per heavy atom. The van der Waals surface area contributed by atoms with Gasteiger partial charge in [-0.3, -0.25) is 4.99 Å². The first-order valence-electron chi connectivity index (χ1n) is 8.44. The van der Waals surface area contributed by atoms with E-state index >= 15 is 0 Å². The molecule has 0 fully saturated rings. The fraction of sp³-hybridized carbons (Fsp3) is 0.316. The smallest absolute Gasteiger partial charge is 0.191 e. The SMILES string of the molecule is CN=C(NCc1ccc(S(C)(=O)=O)cc1)NCC(C)Oc1ccccc1F. The topological polar surface area (TPSA) is 79.8 Å². The molecule has 2 aromatic carbocycles. The van der Waals surface area contributed by atoms with E-state index in [9.17, 15) is 12.8 Å². The molecule has 0 saturated carbocycles. The lowest BCUT2D eigenvalue weighted by Gasteiger charge is -2.18. The molecule has 0 saturated heterocycles. The van der Waals surface area contributed by atoms with Crippen LogP contribution in [0.4, 0.5) is 4.39 Å². The third-order valence-electron chi connectivity index (χ3n) is 3.76. The number of guanidine groups is 1. The summed E-state index contributed by atoms with van der Waals surface area (Å²) in [4.78, 5) is 4.41. The molecule has 8 heteroatoms. The zero-order chi connectivity index (χ0) is 19.9. The van der Waals surface area contributed by atoms with E-state index in [2.05, 4.69) is 15.6 Å². The molecule has 0 heterocycles. The zero-order valence-corrected chi connectivity index (χ0v) is 16.4. The molecule has 0 bridgehead atoms. The molecular weight excluding hydrogens is 369 g/mol. The Hall–Kier alpha value is -2.61. The highest BCUT2D eigenvalue weighted by Crippen LogP contribution is 2.16. The lowest BCUT2D eigenvalue weighted by Crippen LogP contribution is -2.41. The Balaban J connectivity index is 1.83. The highest BCUT2D eigenvalue weighted by atomic mass is 32.2. The van der Waals surface area contributed by atoms with Gasteiger partial charge < -0.3 is 15.4 Å². The van der Waals surface area contributed by atoms with Gasteiger partial charge in [-0.2, -0.15) is 0 Å². The van der Waals surface area contributed by atoms with Crippen molar-refractivity contribution >= 4 is 15.8 Å². The number of nitrogens with zero attached hydrogens (tertiary/aromatic N) is 1. The summed E-state index contributed by atoms with van der Waals surface area (Å²) in [6.45, 7) is 2.74. The number of hydrogen-bond acceptors (Lipinski definition) is 4. The van der Waals surface area contributed by atoms with Crippen LogP contribution in [-0.4, -0.2) is 40.3 Å². The second kappa shape index (κ2) is 9.36. The summed E-state index contributed by atoms with van der Waals surface area (Å²) in [6.07, 6.45) is 0.908. The molecule has 0 aliphatic heterocycles. The normalized spacial score (nSPS) is 13.1. The van der Waals surface area contributed by atoms with Crippen LogP contribution < -0.4 is 15.4 Å². The summed E-state index contributed by atoms with van der Waals surface area (Å²) in [5.41, 5.74) is 0.918. The molecule has 2 N–H and O–H groups in total. The van der Waals surface area contributed by atoms with Crippen LogP contribution in [0.2, 0.25) is 0 Å². The molecule has 146 valence electrons. The Labute approximate surface area is 159 Å². The lowest BCUT2D eigenvalue weighted by molar-refractivity contribution is 0.214. The van der Waals surface area contributed by atoms with Gasteiger partial charge in [0.2, 0.25) is 0 Å². The maximum atomic E-state index is 13.6. The first kappa shape index (κ1) is 20.7. The van der Waals surface area contributed by atoms with Crippen LogP contribution in [0, 0.1) is 5.82 Å². The molecule has 0 radical (unpaired) electrons. The molecule has 6 nitrogen and oxygen atoms in total. The first-order valence-corrected chi connectivity index (χ1v) is 10.3. The molecule has 1 atom stereocenters. The summed E-state index contributed by atoms with van der Waals surface area (Å²) in [5.74, 6) is 0.372. The molecular formula is C19H24FN3O3S. The number of sulfone groups is 1. The van der Waals surface area contributed by atoms with Crippen molar-refractivity contribution in [3.63, 3.8) is 0 Å².